The molecule has 1 aromatic carbocycles. The fourth-order valence-corrected chi connectivity index (χ4v) is 2.94. The summed E-state index contributed by atoms with van der Waals surface area (Å²) in [6.45, 7) is 5.57. The Morgan fingerprint density at radius 3 is 2.84 bits per heavy atom. The van der Waals surface area contributed by atoms with Crippen LogP contribution in [0.3, 0.4) is 0 Å². The molecular formula is C18H21BrN4O2. The number of nitrogens with one attached hydrogen (secondary N) is 2. The van der Waals surface area contributed by atoms with Crippen LogP contribution in [0.4, 0.5) is 16.3 Å². The van der Waals surface area contributed by atoms with E-state index in [-0.39, 0.29) is 6.03 Å². The average molecular weight is 405 g/mol. The lowest BCUT2D eigenvalue weighted by Crippen LogP contribution is -2.36. The first-order valence-corrected chi connectivity index (χ1v) is 9.00. The van der Waals surface area contributed by atoms with Crippen molar-refractivity contribution in [3.8, 4) is 0 Å². The van der Waals surface area contributed by atoms with Gasteiger partial charge in [-0.1, -0.05) is 22.0 Å². The van der Waals surface area contributed by atoms with Crippen molar-refractivity contribution < 1.29 is 9.53 Å². The van der Waals surface area contributed by atoms with Gasteiger partial charge in [0.25, 0.3) is 0 Å². The lowest BCUT2D eigenvalue weighted by atomic mass is 10.2. The van der Waals surface area contributed by atoms with Crippen LogP contribution in [0.25, 0.3) is 0 Å². The lowest BCUT2D eigenvalue weighted by Gasteiger charge is -2.28. The molecular weight excluding hydrogens is 384 g/mol. The van der Waals surface area contributed by atoms with Gasteiger partial charge in [-0.15, -0.1) is 0 Å². The number of hydrogen-bond acceptors (Lipinski definition) is 4. The number of carbonyl (C=O) groups excluding carboxylic acids is 1. The Hall–Kier alpha value is -2.12. The van der Waals surface area contributed by atoms with E-state index in [4.69, 9.17) is 4.74 Å². The Morgan fingerprint density at radius 2 is 2.08 bits per heavy atom. The van der Waals surface area contributed by atoms with E-state index in [1.807, 2.05) is 37.3 Å². The molecule has 2 N–H and O–H groups in total. The van der Waals surface area contributed by atoms with Crippen molar-refractivity contribution in [2.45, 2.75) is 13.5 Å². The first kappa shape index (κ1) is 17.7. The van der Waals surface area contributed by atoms with Gasteiger partial charge in [-0.05, 0) is 42.3 Å². The fraction of sp³-hybridized carbons (Fsp3) is 0.333. The van der Waals surface area contributed by atoms with Gasteiger partial charge in [-0.2, -0.15) is 0 Å². The number of hydrogen-bond donors (Lipinski definition) is 2. The van der Waals surface area contributed by atoms with Gasteiger partial charge in [0.1, 0.15) is 5.82 Å². The van der Waals surface area contributed by atoms with Crippen molar-refractivity contribution in [1.29, 1.82) is 0 Å². The molecule has 1 saturated heterocycles. The number of ether oxygens (including phenoxy) is 1. The van der Waals surface area contributed by atoms with Gasteiger partial charge in [0.15, 0.2) is 0 Å². The van der Waals surface area contributed by atoms with Gasteiger partial charge >= 0.3 is 6.03 Å². The zero-order valence-electron chi connectivity index (χ0n) is 14.1. The lowest BCUT2D eigenvalue weighted by molar-refractivity contribution is 0.122. The molecule has 3 rings (SSSR count). The quantitative estimate of drug-likeness (QED) is 0.819. The maximum Gasteiger partial charge on any atom is 0.319 e. The van der Waals surface area contributed by atoms with Crippen LogP contribution in [0.5, 0.6) is 0 Å². The molecule has 0 bridgehead atoms. The maximum atomic E-state index is 12.1. The number of carbonyl (C=O) groups is 1. The van der Waals surface area contributed by atoms with Gasteiger partial charge in [-0.3, -0.25) is 0 Å². The minimum absolute atomic E-state index is 0.236. The summed E-state index contributed by atoms with van der Waals surface area (Å²) in [5, 5.41) is 5.71. The molecule has 1 aliphatic rings. The summed E-state index contributed by atoms with van der Waals surface area (Å²) in [5.41, 5.74) is 2.88. The van der Waals surface area contributed by atoms with Gasteiger partial charge in [0, 0.05) is 36.0 Å². The van der Waals surface area contributed by atoms with Crippen LogP contribution >= 0.6 is 15.9 Å². The Bertz CT molecular complexity index is 748. The third kappa shape index (κ3) is 4.93. The normalized spacial score (nSPS) is 14.2. The number of nitrogens with zero attached hydrogens (tertiary/aromatic N) is 2. The predicted octanol–water partition coefficient (Wildman–Crippen LogP) is 3.31. The number of pyridine rings is 1. The molecule has 1 aliphatic heterocycles. The second-order valence-corrected chi connectivity index (χ2v) is 6.75. The Kier molecular flexibility index (Phi) is 5.88. The van der Waals surface area contributed by atoms with E-state index >= 15 is 0 Å². The van der Waals surface area contributed by atoms with Crippen molar-refractivity contribution in [1.82, 2.24) is 10.3 Å². The molecule has 0 radical (unpaired) electrons. The molecule has 0 saturated carbocycles. The summed E-state index contributed by atoms with van der Waals surface area (Å²) in [5.74, 6) is 0.922. The second-order valence-electron chi connectivity index (χ2n) is 5.89. The molecule has 2 heterocycles. The van der Waals surface area contributed by atoms with E-state index in [0.29, 0.717) is 6.54 Å². The molecule has 0 aliphatic carbocycles. The van der Waals surface area contributed by atoms with E-state index in [1.54, 1.807) is 6.20 Å². The van der Waals surface area contributed by atoms with E-state index in [0.717, 1.165) is 53.4 Å². The topological polar surface area (TPSA) is 66.5 Å². The highest BCUT2D eigenvalue weighted by Crippen LogP contribution is 2.20. The standard InChI is InChI=1S/C18H21BrN4O2/c1-13-2-3-15(11-16(13)19)22-18(24)21-12-14-4-5-20-17(10-14)23-6-8-25-9-7-23/h2-5,10-11H,6-9,12H2,1H3,(H2,21,22,24). The molecule has 0 unspecified atom stereocenters. The number of aryl methyl sites for hydroxylation is 1. The molecule has 132 valence electrons. The van der Waals surface area contributed by atoms with Crippen molar-refractivity contribution in [3.05, 3.63) is 52.1 Å². The number of aromatic nitrogens is 1. The Morgan fingerprint density at radius 1 is 1.28 bits per heavy atom. The molecule has 2 aromatic rings. The van der Waals surface area contributed by atoms with Crippen molar-refractivity contribution in [2.75, 3.05) is 36.5 Å². The second kappa shape index (κ2) is 8.31. The molecule has 0 atom stereocenters. The van der Waals surface area contributed by atoms with Crippen LogP contribution in [0, 0.1) is 6.92 Å². The number of urea groups is 1. The van der Waals surface area contributed by atoms with E-state index in [2.05, 4.69) is 36.4 Å². The summed E-state index contributed by atoms with van der Waals surface area (Å²) in [6.07, 6.45) is 1.77. The van der Waals surface area contributed by atoms with Crippen LogP contribution in [0.2, 0.25) is 0 Å². The summed E-state index contributed by atoms with van der Waals surface area (Å²) >= 11 is 3.47. The van der Waals surface area contributed by atoms with Gasteiger partial charge < -0.3 is 20.3 Å². The zero-order valence-corrected chi connectivity index (χ0v) is 15.7. The molecule has 7 heteroatoms. The maximum absolute atomic E-state index is 12.1. The zero-order chi connectivity index (χ0) is 17.6. The van der Waals surface area contributed by atoms with Crippen LogP contribution in [-0.4, -0.2) is 37.3 Å². The number of benzene rings is 1. The van der Waals surface area contributed by atoms with Crippen molar-refractivity contribution in [2.24, 2.45) is 0 Å². The highest BCUT2D eigenvalue weighted by Gasteiger charge is 2.12. The SMILES string of the molecule is Cc1ccc(NC(=O)NCc2ccnc(N3CCOCC3)c2)cc1Br. The van der Waals surface area contributed by atoms with Crippen molar-refractivity contribution in [3.63, 3.8) is 0 Å². The van der Waals surface area contributed by atoms with Gasteiger partial charge in [0.05, 0.1) is 13.2 Å². The van der Waals surface area contributed by atoms with Crippen LogP contribution < -0.4 is 15.5 Å². The van der Waals surface area contributed by atoms with Crippen LogP contribution in [0.15, 0.2) is 41.0 Å². The summed E-state index contributed by atoms with van der Waals surface area (Å²) in [7, 11) is 0. The largest absolute Gasteiger partial charge is 0.378 e. The minimum atomic E-state index is -0.236. The molecule has 0 spiro atoms. The van der Waals surface area contributed by atoms with Crippen molar-refractivity contribution >= 4 is 33.5 Å². The third-order valence-electron chi connectivity index (χ3n) is 4.03. The first-order valence-electron chi connectivity index (χ1n) is 8.20. The number of amides is 2. The van der Waals surface area contributed by atoms with E-state index in [9.17, 15) is 4.79 Å². The smallest absolute Gasteiger partial charge is 0.319 e. The average Bonchev–Trinajstić information content (AvgIpc) is 2.64. The number of halogens is 1. The fourth-order valence-electron chi connectivity index (χ4n) is 2.56. The third-order valence-corrected chi connectivity index (χ3v) is 4.88. The predicted molar refractivity (Wildman–Crippen MR) is 102 cm³/mol. The molecule has 1 aromatic heterocycles. The summed E-state index contributed by atoms with van der Waals surface area (Å²) in [4.78, 5) is 18.7. The number of rotatable bonds is 4. The number of morpholine rings is 1. The Labute approximate surface area is 155 Å². The molecule has 25 heavy (non-hydrogen) atoms. The highest BCUT2D eigenvalue weighted by atomic mass is 79.9. The van der Waals surface area contributed by atoms with Crippen LogP contribution in [-0.2, 0) is 11.3 Å². The highest BCUT2D eigenvalue weighted by molar-refractivity contribution is 9.10. The van der Waals surface area contributed by atoms with Crippen LogP contribution in [0.1, 0.15) is 11.1 Å². The van der Waals surface area contributed by atoms with Gasteiger partial charge in [-0.25, -0.2) is 9.78 Å². The molecule has 2 amide bonds. The molecule has 6 nitrogen and oxygen atoms in total. The molecule has 1 fully saturated rings. The van der Waals surface area contributed by atoms with E-state index in [1.165, 1.54) is 0 Å². The minimum Gasteiger partial charge on any atom is -0.378 e. The first-order chi connectivity index (χ1) is 12.1. The summed E-state index contributed by atoms with van der Waals surface area (Å²) in [6, 6.07) is 9.40. The van der Waals surface area contributed by atoms with E-state index < -0.39 is 0 Å². The number of anilines is 2. The monoisotopic (exact) mass is 404 g/mol. The van der Waals surface area contributed by atoms with Gasteiger partial charge in [0.2, 0.25) is 0 Å². The Balaban J connectivity index is 1.55. The summed E-state index contributed by atoms with van der Waals surface area (Å²) < 4.78 is 6.33.